The van der Waals surface area contributed by atoms with Crippen LogP contribution in [0, 0.1) is 5.82 Å². The van der Waals surface area contributed by atoms with Gasteiger partial charge in [0.2, 0.25) is 0 Å². The Balaban J connectivity index is 1.68. The molecule has 3 heterocycles. The Morgan fingerprint density at radius 2 is 2.00 bits per heavy atom. The summed E-state index contributed by atoms with van der Waals surface area (Å²) in [6.45, 7) is -1.51. The maximum absolute atomic E-state index is 14.4. The second kappa shape index (κ2) is 7.64. The maximum Gasteiger partial charge on any atom is 0.422 e. The number of aryl methyl sites for hydroxylation is 1. The average Bonchev–Trinajstić information content (AvgIpc) is 3.29. The first-order valence-electron chi connectivity index (χ1n) is 8.83. The highest BCUT2D eigenvalue weighted by Crippen LogP contribution is 2.34. The number of rotatable bonds is 5. The van der Waals surface area contributed by atoms with Gasteiger partial charge in [-0.05, 0) is 23.8 Å². The van der Waals surface area contributed by atoms with Crippen molar-refractivity contribution in [3.63, 3.8) is 0 Å². The van der Waals surface area contributed by atoms with E-state index in [2.05, 4.69) is 15.1 Å². The molecule has 0 saturated carbocycles. The molecule has 0 amide bonds. The first-order valence-corrected chi connectivity index (χ1v) is 9.20. The van der Waals surface area contributed by atoms with Crippen molar-refractivity contribution in [2.45, 2.75) is 12.6 Å². The van der Waals surface area contributed by atoms with Crippen LogP contribution in [0.5, 0.6) is 5.75 Å². The van der Waals surface area contributed by atoms with Crippen LogP contribution in [0.1, 0.15) is 11.1 Å². The average molecular weight is 439 g/mol. The number of hydrogen-bond acceptors (Lipinski definition) is 3. The van der Waals surface area contributed by atoms with Crippen LogP contribution in [0.3, 0.4) is 0 Å². The smallest absolute Gasteiger partial charge is 0.422 e. The van der Waals surface area contributed by atoms with E-state index in [0.29, 0.717) is 11.2 Å². The number of hydrogen-bond donors (Lipinski definition) is 1. The van der Waals surface area contributed by atoms with Crippen LogP contribution in [-0.2, 0) is 13.5 Å². The van der Waals surface area contributed by atoms with Crippen LogP contribution in [0.25, 0.3) is 22.2 Å². The summed E-state index contributed by atoms with van der Waals surface area (Å²) < 4.78 is 58.2. The van der Waals surface area contributed by atoms with Crippen LogP contribution in [-0.4, -0.2) is 32.5 Å². The molecule has 4 aromatic rings. The fourth-order valence-electron chi connectivity index (χ4n) is 3.13. The van der Waals surface area contributed by atoms with Crippen molar-refractivity contribution >= 4 is 22.6 Å². The summed E-state index contributed by atoms with van der Waals surface area (Å²) in [5.74, 6) is -0.857. The van der Waals surface area contributed by atoms with Crippen LogP contribution in [0.2, 0.25) is 5.02 Å². The van der Waals surface area contributed by atoms with Crippen molar-refractivity contribution in [1.29, 1.82) is 0 Å². The minimum atomic E-state index is -4.52. The van der Waals surface area contributed by atoms with Crippen molar-refractivity contribution < 1.29 is 22.3 Å². The highest BCUT2D eigenvalue weighted by atomic mass is 35.5. The van der Waals surface area contributed by atoms with E-state index in [1.807, 2.05) is 12.3 Å². The monoisotopic (exact) mass is 438 g/mol. The van der Waals surface area contributed by atoms with E-state index in [4.69, 9.17) is 16.3 Å². The second-order valence-corrected chi connectivity index (χ2v) is 7.13. The van der Waals surface area contributed by atoms with Gasteiger partial charge in [-0.25, -0.2) is 9.37 Å². The topological polar surface area (TPSA) is 55.7 Å². The van der Waals surface area contributed by atoms with Gasteiger partial charge in [-0.2, -0.15) is 18.3 Å². The lowest BCUT2D eigenvalue weighted by Gasteiger charge is -2.13. The Bertz CT molecular complexity index is 1220. The van der Waals surface area contributed by atoms with Crippen LogP contribution in [0.15, 0.2) is 43.0 Å². The van der Waals surface area contributed by atoms with Gasteiger partial charge in [-0.1, -0.05) is 11.6 Å². The largest absolute Gasteiger partial charge is 0.483 e. The Morgan fingerprint density at radius 1 is 1.20 bits per heavy atom. The molecule has 3 aromatic heterocycles. The van der Waals surface area contributed by atoms with Crippen molar-refractivity contribution in [3.05, 3.63) is 65.0 Å². The molecule has 0 bridgehead atoms. The molecular weight excluding hydrogens is 424 g/mol. The Labute approximate surface area is 173 Å². The Morgan fingerprint density at radius 3 is 2.70 bits per heavy atom. The molecular formula is C20H15ClF4N4O. The summed E-state index contributed by atoms with van der Waals surface area (Å²) in [6, 6.07) is 4.02. The van der Waals surface area contributed by atoms with Crippen LogP contribution >= 0.6 is 11.6 Å². The van der Waals surface area contributed by atoms with E-state index in [-0.39, 0.29) is 22.8 Å². The number of aromatic nitrogens is 4. The van der Waals surface area contributed by atoms with E-state index in [0.717, 1.165) is 28.6 Å². The summed E-state index contributed by atoms with van der Waals surface area (Å²) in [5, 5.41) is 4.69. The first-order chi connectivity index (χ1) is 14.2. The van der Waals surface area contributed by atoms with Gasteiger partial charge in [0.25, 0.3) is 0 Å². The SMILES string of the molecule is Cn1cc(-c2cnc3[nH]cc(Cc4c(F)ccc(OCC(F)(F)F)c4Cl)c3c2)cn1. The summed E-state index contributed by atoms with van der Waals surface area (Å²) in [6.07, 6.45) is 2.43. The minimum Gasteiger partial charge on any atom is -0.483 e. The van der Waals surface area contributed by atoms with Crippen molar-refractivity contribution in [1.82, 2.24) is 19.7 Å². The van der Waals surface area contributed by atoms with Gasteiger partial charge in [0, 0.05) is 54.1 Å². The fraction of sp³-hybridized carbons (Fsp3) is 0.200. The predicted molar refractivity (Wildman–Crippen MR) is 104 cm³/mol. The number of fused-ring (bicyclic) bond motifs is 1. The lowest BCUT2D eigenvalue weighted by Crippen LogP contribution is -2.19. The molecule has 0 unspecified atom stereocenters. The number of aromatic amines is 1. The van der Waals surface area contributed by atoms with Gasteiger partial charge in [0.05, 0.1) is 11.2 Å². The van der Waals surface area contributed by atoms with Gasteiger partial charge in [0.15, 0.2) is 6.61 Å². The van der Waals surface area contributed by atoms with Gasteiger partial charge in [-0.3, -0.25) is 4.68 Å². The minimum absolute atomic E-state index is 0.0454. The normalized spacial score (nSPS) is 11.9. The third-order valence-corrected chi connectivity index (χ3v) is 4.98. The molecule has 1 aromatic carbocycles. The molecule has 0 saturated heterocycles. The van der Waals surface area contributed by atoms with E-state index >= 15 is 0 Å². The number of pyridine rings is 1. The van der Waals surface area contributed by atoms with Gasteiger partial charge < -0.3 is 9.72 Å². The lowest BCUT2D eigenvalue weighted by molar-refractivity contribution is -0.153. The molecule has 0 aliphatic carbocycles. The zero-order valence-corrected chi connectivity index (χ0v) is 16.4. The van der Waals surface area contributed by atoms with Crippen LogP contribution in [0.4, 0.5) is 17.6 Å². The maximum atomic E-state index is 14.4. The molecule has 156 valence electrons. The molecule has 0 radical (unpaired) electrons. The Kier molecular flexibility index (Phi) is 5.15. The quantitative estimate of drug-likeness (QED) is 0.431. The van der Waals surface area contributed by atoms with Gasteiger partial charge >= 0.3 is 6.18 Å². The lowest BCUT2D eigenvalue weighted by atomic mass is 10.0. The highest BCUT2D eigenvalue weighted by Gasteiger charge is 2.29. The summed E-state index contributed by atoms with van der Waals surface area (Å²) >= 11 is 6.17. The number of nitrogens with one attached hydrogen (secondary N) is 1. The molecule has 0 aliphatic heterocycles. The molecule has 0 atom stereocenters. The van der Waals surface area contributed by atoms with Crippen molar-refractivity contribution in [2.24, 2.45) is 7.05 Å². The van der Waals surface area contributed by atoms with E-state index in [1.165, 1.54) is 0 Å². The number of halogens is 5. The molecule has 1 N–H and O–H groups in total. The molecule has 4 rings (SSSR count). The zero-order valence-electron chi connectivity index (χ0n) is 15.6. The molecule has 30 heavy (non-hydrogen) atoms. The third-order valence-electron chi connectivity index (χ3n) is 4.56. The van der Waals surface area contributed by atoms with Crippen molar-refractivity contribution in [2.75, 3.05) is 6.61 Å². The standard InChI is InChI=1S/C20H15ClF4N4O/c1-29-9-13(8-28-29)11-4-14-12(7-27-19(14)26-6-11)5-15-16(22)2-3-17(18(15)21)30-10-20(23,24)25/h2-4,6-9H,5,10H2,1H3,(H,26,27). The van der Waals surface area contributed by atoms with Gasteiger partial charge in [0.1, 0.15) is 17.2 Å². The second-order valence-electron chi connectivity index (χ2n) is 6.76. The van der Waals surface area contributed by atoms with Gasteiger partial charge in [-0.15, -0.1) is 0 Å². The molecule has 0 spiro atoms. The third kappa shape index (κ3) is 4.11. The van der Waals surface area contributed by atoms with E-state index < -0.39 is 18.6 Å². The number of ether oxygens (including phenoxy) is 1. The number of H-pyrrole nitrogens is 1. The van der Waals surface area contributed by atoms with Crippen molar-refractivity contribution in [3.8, 4) is 16.9 Å². The molecule has 10 heteroatoms. The fourth-order valence-corrected chi connectivity index (χ4v) is 3.41. The molecule has 0 fully saturated rings. The highest BCUT2D eigenvalue weighted by molar-refractivity contribution is 6.32. The Hall–Kier alpha value is -3.07. The first kappa shape index (κ1) is 20.2. The summed E-state index contributed by atoms with van der Waals surface area (Å²) in [4.78, 5) is 7.39. The predicted octanol–water partition coefficient (Wildman–Crippen LogP) is 5.29. The number of alkyl halides is 3. The zero-order chi connectivity index (χ0) is 21.5. The molecule has 0 aliphatic rings. The van der Waals surface area contributed by atoms with Crippen LogP contribution < -0.4 is 4.74 Å². The number of benzene rings is 1. The van der Waals surface area contributed by atoms with E-state index in [9.17, 15) is 17.6 Å². The van der Waals surface area contributed by atoms with E-state index in [1.54, 1.807) is 30.3 Å². The molecule has 5 nitrogen and oxygen atoms in total. The summed E-state index contributed by atoms with van der Waals surface area (Å²) in [7, 11) is 1.80. The summed E-state index contributed by atoms with van der Waals surface area (Å²) in [5.41, 5.74) is 3.02. The number of nitrogens with zero attached hydrogens (tertiary/aromatic N) is 3.